The Bertz CT molecular complexity index is 412. The Morgan fingerprint density at radius 1 is 1.47 bits per heavy atom. The Balaban J connectivity index is 1.83. The van der Waals surface area contributed by atoms with E-state index in [0.29, 0.717) is 24.5 Å². The van der Waals surface area contributed by atoms with Gasteiger partial charge in [0.25, 0.3) is 0 Å². The van der Waals surface area contributed by atoms with Crippen molar-refractivity contribution in [2.24, 2.45) is 0 Å². The first kappa shape index (κ1) is 14.5. The van der Waals surface area contributed by atoms with Crippen molar-refractivity contribution in [3.05, 3.63) is 5.01 Å². The summed E-state index contributed by atoms with van der Waals surface area (Å²) in [4.78, 5) is 2.23. The molecule has 1 unspecified atom stereocenters. The number of halogens is 3. The predicted octanol–water partition coefficient (Wildman–Crippen LogP) is 1.69. The standard InChI is InChI=1S/C10H15F3N4OS/c1-2-17-3-4-18-7(6-17)5-14-9-16-15-8(19-9)10(11,12)13/h7H,2-6H2,1H3,(H,14,16). The fraction of sp³-hybridized carbons (Fsp3) is 0.800. The molecule has 1 aliphatic heterocycles. The highest BCUT2D eigenvalue weighted by molar-refractivity contribution is 7.15. The first-order chi connectivity index (χ1) is 8.99. The Morgan fingerprint density at radius 2 is 2.26 bits per heavy atom. The fourth-order valence-corrected chi connectivity index (χ4v) is 2.42. The minimum Gasteiger partial charge on any atom is -0.374 e. The van der Waals surface area contributed by atoms with Crippen LogP contribution in [-0.4, -0.2) is 54.0 Å². The smallest absolute Gasteiger partial charge is 0.374 e. The van der Waals surface area contributed by atoms with Crippen molar-refractivity contribution in [1.29, 1.82) is 0 Å². The maximum atomic E-state index is 12.3. The van der Waals surface area contributed by atoms with Gasteiger partial charge < -0.3 is 10.1 Å². The second kappa shape index (κ2) is 6.02. The molecule has 0 saturated carbocycles. The normalized spacial score (nSPS) is 21.6. The summed E-state index contributed by atoms with van der Waals surface area (Å²) in [7, 11) is 0. The highest BCUT2D eigenvalue weighted by Gasteiger charge is 2.35. The largest absolute Gasteiger partial charge is 0.445 e. The second-order valence-electron chi connectivity index (χ2n) is 4.18. The number of aromatic nitrogens is 2. The van der Waals surface area contributed by atoms with E-state index < -0.39 is 11.2 Å². The van der Waals surface area contributed by atoms with Crippen LogP contribution in [0.15, 0.2) is 0 Å². The minimum atomic E-state index is -4.43. The topological polar surface area (TPSA) is 50.3 Å². The van der Waals surface area contributed by atoms with Crippen LogP contribution < -0.4 is 5.32 Å². The molecule has 1 aliphatic rings. The van der Waals surface area contributed by atoms with Gasteiger partial charge in [-0.3, -0.25) is 4.90 Å². The SMILES string of the molecule is CCN1CCOC(CNc2nnc(C(F)(F)F)s2)C1. The maximum Gasteiger partial charge on any atom is 0.445 e. The third kappa shape index (κ3) is 4.02. The zero-order valence-electron chi connectivity index (χ0n) is 10.4. The molecular weight excluding hydrogens is 281 g/mol. The molecule has 1 fully saturated rings. The van der Waals surface area contributed by atoms with E-state index >= 15 is 0 Å². The summed E-state index contributed by atoms with van der Waals surface area (Å²) in [5, 5.41) is 8.67. The lowest BCUT2D eigenvalue weighted by atomic mass is 10.2. The monoisotopic (exact) mass is 296 g/mol. The van der Waals surface area contributed by atoms with Gasteiger partial charge >= 0.3 is 6.18 Å². The number of ether oxygens (including phenoxy) is 1. The summed E-state index contributed by atoms with van der Waals surface area (Å²) >= 11 is 0.507. The van der Waals surface area contributed by atoms with Crippen LogP contribution in [0.5, 0.6) is 0 Å². The van der Waals surface area contributed by atoms with Gasteiger partial charge in [0.15, 0.2) is 0 Å². The van der Waals surface area contributed by atoms with Crippen LogP contribution in [0.4, 0.5) is 18.3 Å². The van der Waals surface area contributed by atoms with Crippen LogP contribution in [0, 0.1) is 0 Å². The molecule has 0 aliphatic carbocycles. The van der Waals surface area contributed by atoms with Gasteiger partial charge in [0.1, 0.15) is 0 Å². The van der Waals surface area contributed by atoms with Crippen LogP contribution in [0.2, 0.25) is 0 Å². The van der Waals surface area contributed by atoms with Crippen molar-refractivity contribution in [2.45, 2.75) is 19.2 Å². The predicted molar refractivity (Wildman–Crippen MR) is 65.3 cm³/mol. The zero-order chi connectivity index (χ0) is 13.9. The number of nitrogens with one attached hydrogen (secondary N) is 1. The highest BCUT2D eigenvalue weighted by atomic mass is 32.1. The molecule has 5 nitrogen and oxygen atoms in total. The van der Waals surface area contributed by atoms with E-state index in [2.05, 4.69) is 27.3 Å². The molecule has 1 aromatic rings. The van der Waals surface area contributed by atoms with Gasteiger partial charge in [0.2, 0.25) is 10.1 Å². The summed E-state index contributed by atoms with van der Waals surface area (Å²) < 4.78 is 42.6. The lowest BCUT2D eigenvalue weighted by Gasteiger charge is -2.31. The number of anilines is 1. The van der Waals surface area contributed by atoms with Gasteiger partial charge in [-0.05, 0) is 6.54 Å². The Kier molecular flexibility index (Phi) is 4.58. The quantitative estimate of drug-likeness (QED) is 0.916. The molecule has 19 heavy (non-hydrogen) atoms. The van der Waals surface area contributed by atoms with Gasteiger partial charge in [-0.15, -0.1) is 10.2 Å². The van der Waals surface area contributed by atoms with E-state index in [4.69, 9.17) is 4.74 Å². The molecule has 0 amide bonds. The average molecular weight is 296 g/mol. The Hall–Kier alpha value is -0.930. The first-order valence-electron chi connectivity index (χ1n) is 5.97. The van der Waals surface area contributed by atoms with E-state index in [1.54, 1.807) is 0 Å². The number of morpholine rings is 1. The van der Waals surface area contributed by atoms with Gasteiger partial charge in [-0.1, -0.05) is 18.3 Å². The molecule has 0 spiro atoms. The number of nitrogens with zero attached hydrogens (tertiary/aromatic N) is 3. The molecule has 108 valence electrons. The van der Waals surface area contributed by atoms with Crippen LogP contribution in [0.3, 0.4) is 0 Å². The van der Waals surface area contributed by atoms with Crippen molar-refractivity contribution in [3.63, 3.8) is 0 Å². The molecule has 1 N–H and O–H groups in total. The third-order valence-corrected chi connectivity index (χ3v) is 3.74. The van der Waals surface area contributed by atoms with Gasteiger partial charge in [-0.2, -0.15) is 13.2 Å². The number of hydrogen-bond donors (Lipinski definition) is 1. The summed E-state index contributed by atoms with van der Waals surface area (Å²) in [5.74, 6) is 0. The van der Waals surface area contributed by atoms with Crippen molar-refractivity contribution in [2.75, 3.05) is 38.1 Å². The molecule has 1 aromatic heterocycles. The average Bonchev–Trinajstić information content (AvgIpc) is 2.85. The van der Waals surface area contributed by atoms with E-state index in [0.717, 1.165) is 19.6 Å². The van der Waals surface area contributed by atoms with E-state index in [1.165, 1.54) is 0 Å². The van der Waals surface area contributed by atoms with Gasteiger partial charge in [0.05, 0.1) is 12.7 Å². The highest BCUT2D eigenvalue weighted by Crippen LogP contribution is 2.32. The van der Waals surface area contributed by atoms with Gasteiger partial charge in [-0.25, -0.2) is 0 Å². The lowest BCUT2D eigenvalue weighted by Crippen LogP contribution is -2.45. The summed E-state index contributed by atoms with van der Waals surface area (Å²) in [6.07, 6.45) is -4.47. The van der Waals surface area contributed by atoms with Crippen LogP contribution >= 0.6 is 11.3 Å². The molecule has 0 radical (unpaired) electrons. The molecule has 1 saturated heterocycles. The molecule has 1 atom stereocenters. The first-order valence-corrected chi connectivity index (χ1v) is 6.79. The van der Waals surface area contributed by atoms with Crippen molar-refractivity contribution >= 4 is 16.5 Å². The number of likely N-dealkylation sites (N-methyl/N-ethyl adjacent to an activating group) is 1. The third-order valence-electron chi connectivity index (χ3n) is 2.82. The van der Waals surface area contributed by atoms with Crippen molar-refractivity contribution < 1.29 is 17.9 Å². The fourth-order valence-electron chi connectivity index (χ4n) is 1.80. The zero-order valence-corrected chi connectivity index (χ0v) is 11.2. The van der Waals surface area contributed by atoms with Gasteiger partial charge in [0, 0.05) is 19.6 Å². The van der Waals surface area contributed by atoms with Crippen LogP contribution in [0.1, 0.15) is 11.9 Å². The molecular formula is C10H15F3N4OS. The maximum absolute atomic E-state index is 12.3. The molecule has 0 aromatic carbocycles. The number of hydrogen-bond acceptors (Lipinski definition) is 6. The van der Waals surface area contributed by atoms with E-state index in [9.17, 15) is 13.2 Å². The summed E-state index contributed by atoms with van der Waals surface area (Å²) in [6.45, 7) is 5.75. The second-order valence-corrected chi connectivity index (χ2v) is 5.15. The van der Waals surface area contributed by atoms with Crippen LogP contribution in [0.25, 0.3) is 0 Å². The number of rotatable bonds is 4. The molecule has 2 rings (SSSR count). The molecule has 2 heterocycles. The Morgan fingerprint density at radius 3 is 2.89 bits per heavy atom. The van der Waals surface area contributed by atoms with Crippen molar-refractivity contribution in [1.82, 2.24) is 15.1 Å². The minimum absolute atomic E-state index is 0.0352. The molecule has 0 bridgehead atoms. The lowest BCUT2D eigenvalue weighted by molar-refractivity contribution is -0.138. The van der Waals surface area contributed by atoms with Crippen LogP contribution in [-0.2, 0) is 10.9 Å². The van der Waals surface area contributed by atoms with E-state index in [-0.39, 0.29) is 11.2 Å². The van der Waals surface area contributed by atoms with Crippen molar-refractivity contribution in [3.8, 4) is 0 Å². The number of alkyl halides is 3. The Labute approximate surface area is 112 Å². The summed E-state index contributed by atoms with van der Waals surface area (Å²) in [5.41, 5.74) is 0. The molecule has 9 heteroatoms. The van der Waals surface area contributed by atoms with E-state index in [1.807, 2.05) is 0 Å². The summed E-state index contributed by atoms with van der Waals surface area (Å²) in [6, 6.07) is 0.